The molecule has 1 fully saturated rings. The molecule has 0 atom stereocenters. The minimum absolute atomic E-state index is 0.555. The second-order valence-electron chi connectivity index (χ2n) is 6.32. The number of nitrogens with one attached hydrogen (secondary N) is 2. The summed E-state index contributed by atoms with van der Waals surface area (Å²) in [7, 11) is 1.67. The van der Waals surface area contributed by atoms with E-state index in [1.54, 1.807) is 25.7 Å². The van der Waals surface area contributed by atoms with Crippen molar-refractivity contribution in [3.8, 4) is 5.75 Å². The van der Waals surface area contributed by atoms with Gasteiger partial charge >= 0.3 is 0 Å². The highest BCUT2D eigenvalue weighted by molar-refractivity contribution is 6.32. The minimum Gasteiger partial charge on any atom is -0.493 e. The average Bonchev–Trinajstić information content (AvgIpc) is 2.72. The van der Waals surface area contributed by atoms with Gasteiger partial charge in [-0.25, -0.2) is 0 Å². The predicted molar refractivity (Wildman–Crippen MR) is 108 cm³/mol. The average molecular weight is 385 g/mol. The number of ether oxygens (including phenoxy) is 1. The Balaban J connectivity index is 1.62. The third-order valence-corrected chi connectivity index (χ3v) is 5.00. The SMILES string of the molecule is COc1cncc(NCc2cc3nccnc3cc2Cl)c1N1CCNCC1. The number of hydrogen-bond acceptors (Lipinski definition) is 7. The summed E-state index contributed by atoms with van der Waals surface area (Å²) in [6.07, 6.45) is 6.93. The number of nitrogens with zero attached hydrogens (tertiary/aromatic N) is 4. The maximum atomic E-state index is 6.45. The molecule has 0 spiro atoms. The second-order valence-corrected chi connectivity index (χ2v) is 6.72. The lowest BCUT2D eigenvalue weighted by Gasteiger charge is -2.32. The molecule has 0 bridgehead atoms. The van der Waals surface area contributed by atoms with Gasteiger partial charge in [-0.2, -0.15) is 0 Å². The van der Waals surface area contributed by atoms with Gasteiger partial charge in [0, 0.05) is 50.1 Å². The largest absolute Gasteiger partial charge is 0.493 e. The number of hydrogen-bond donors (Lipinski definition) is 2. The monoisotopic (exact) mass is 384 g/mol. The Labute approximate surface area is 162 Å². The zero-order valence-corrected chi connectivity index (χ0v) is 15.8. The highest BCUT2D eigenvalue weighted by Crippen LogP contribution is 2.36. The molecule has 27 heavy (non-hydrogen) atoms. The van der Waals surface area contributed by atoms with Crippen LogP contribution in [0.4, 0.5) is 11.4 Å². The number of anilines is 2. The van der Waals surface area contributed by atoms with E-state index < -0.39 is 0 Å². The van der Waals surface area contributed by atoms with Crippen molar-refractivity contribution in [3.63, 3.8) is 0 Å². The second kappa shape index (κ2) is 7.94. The summed E-state index contributed by atoms with van der Waals surface area (Å²) in [5.74, 6) is 0.761. The van der Waals surface area contributed by atoms with E-state index in [4.69, 9.17) is 16.3 Å². The molecule has 0 saturated carbocycles. The molecule has 8 heteroatoms. The Morgan fingerprint density at radius 3 is 2.63 bits per heavy atom. The molecule has 3 aromatic rings. The molecule has 1 aliphatic rings. The van der Waals surface area contributed by atoms with E-state index in [9.17, 15) is 0 Å². The van der Waals surface area contributed by atoms with Crippen LogP contribution in [-0.4, -0.2) is 48.2 Å². The third-order valence-electron chi connectivity index (χ3n) is 4.64. The van der Waals surface area contributed by atoms with Gasteiger partial charge in [-0.1, -0.05) is 11.6 Å². The smallest absolute Gasteiger partial charge is 0.162 e. The molecule has 1 saturated heterocycles. The minimum atomic E-state index is 0.555. The van der Waals surface area contributed by atoms with Crippen LogP contribution in [-0.2, 0) is 6.54 Å². The van der Waals surface area contributed by atoms with E-state index in [-0.39, 0.29) is 0 Å². The van der Waals surface area contributed by atoms with E-state index in [1.807, 2.05) is 18.3 Å². The van der Waals surface area contributed by atoms with Crippen LogP contribution in [0.2, 0.25) is 5.02 Å². The fourth-order valence-electron chi connectivity index (χ4n) is 3.28. The molecule has 4 rings (SSSR count). The number of rotatable bonds is 5. The fourth-order valence-corrected chi connectivity index (χ4v) is 3.51. The number of methoxy groups -OCH3 is 1. The summed E-state index contributed by atoms with van der Waals surface area (Å²) >= 11 is 6.45. The van der Waals surface area contributed by atoms with Gasteiger partial charge in [0.05, 0.1) is 36.2 Å². The van der Waals surface area contributed by atoms with E-state index in [0.29, 0.717) is 11.6 Å². The molecule has 3 heterocycles. The third kappa shape index (κ3) is 3.74. The van der Waals surface area contributed by atoms with Crippen LogP contribution >= 0.6 is 11.6 Å². The molecule has 1 aromatic carbocycles. The quantitative estimate of drug-likeness (QED) is 0.700. The normalized spacial score (nSPS) is 14.4. The summed E-state index contributed by atoms with van der Waals surface area (Å²) in [4.78, 5) is 15.3. The summed E-state index contributed by atoms with van der Waals surface area (Å²) in [5.41, 5.74) is 4.52. The highest BCUT2D eigenvalue weighted by atomic mass is 35.5. The Hall–Kier alpha value is -2.64. The topological polar surface area (TPSA) is 75.2 Å². The zero-order chi connectivity index (χ0) is 18.6. The lowest BCUT2D eigenvalue weighted by molar-refractivity contribution is 0.411. The number of benzene rings is 1. The molecule has 0 radical (unpaired) electrons. The summed E-state index contributed by atoms with van der Waals surface area (Å²) in [6, 6.07) is 3.82. The number of halogens is 1. The van der Waals surface area contributed by atoms with Crippen molar-refractivity contribution in [2.75, 3.05) is 43.5 Å². The molecule has 1 aliphatic heterocycles. The van der Waals surface area contributed by atoms with Crippen LogP contribution in [0.3, 0.4) is 0 Å². The zero-order valence-electron chi connectivity index (χ0n) is 15.1. The molecule has 0 unspecified atom stereocenters. The molecule has 0 amide bonds. The lowest BCUT2D eigenvalue weighted by Crippen LogP contribution is -2.44. The first-order valence-electron chi connectivity index (χ1n) is 8.87. The van der Waals surface area contributed by atoms with Gasteiger partial charge in [-0.3, -0.25) is 15.0 Å². The van der Waals surface area contributed by atoms with Crippen molar-refractivity contribution in [1.29, 1.82) is 0 Å². The van der Waals surface area contributed by atoms with E-state index in [2.05, 4.69) is 30.5 Å². The maximum absolute atomic E-state index is 6.45. The molecule has 140 valence electrons. The van der Waals surface area contributed by atoms with Gasteiger partial charge in [0.1, 0.15) is 5.69 Å². The van der Waals surface area contributed by atoms with Gasteiger partial charge in [0.25, 0.3) is 0 Å². The fraction of sp³-hybridized carbons (Fsp3) is 0.316. The standard InChI is InChI=1S/C19H21ClN6O/c1-27-18-12-22-11-17(19(18)26-6-4-21-5-7-26)25-10-13-8-15-16(9-14(13)20)24-3-2-23-15/h2-3,8-9,11-12,21,25H,4-7,10H2,1H3. The van der Waals surface area contributed by atoms with Crippen molar-refractivity contribution in [2.24, 2.45) is 0 Å². The Morgan fingerprint density at radius 1 is 1.15 bits per heavy atom. The number of aromatic nitrogens is 3. The first kappa shape index (κ1) is 17.8. The number of pyridine rings is 1. The van der Waals surface area contributed by atoms with Crippen LogP contribution in [0, 0.1) is 0 Å². The molecule has 7 nitrogen and oxygen atoms in total. The van der Waals surface area contributed by atoms with Crippen LogP contribution in [0.1, 0.15) is 5.56 Å². The van der Waals surface area contributed by atoms with E-state index in [0.717, 1.165) is 59.9 Å². The number of piperazine rings is 1. The van der Waals surface area contributed by atoms with Crippen molar-refractivity contribution in [1.82, 2.24) is 20.3 Å². The summed E-state index contributed by atoms with van der Waals surface area (Å²) in [5, 5.41) is 7.51. The first-order valence-corrected chi connectivity index (χ1v) is 9.24. The molecular weight excluding hydrogens is 364 g/mol. The Morgan fingerprint density at radius 2 is 1.89 bits per heavy atom. The van der Waals surface area contributed by atoms with Gasteiger partial charge in [-0.05, 0) is 17.7 Å². The highest BCUT2D eigenvalue weighted by Gasteiger charge is 2.19. The van der Waals surface area contributed by atoms with Crippen molar-refractivity contribution < 1.29 is 4.74 Å². The van der Waals surface area contributed by atoms with Gasteiger partial charge < -0.3 is 20.3 Å². The predicted octanol–water partition coefficient (Wildman–Crippen LogP) is 2.71. The number of fused-ring (bicyclic) bond motifs is 1. The van der Waals surface area contributed by atoms with Crippen LogP contribution in [0.15, 0.2) is 36.9 Å². The van der Waals surface area contributed by atoms with Crippen molar-refractivity contribution >= 4 is 34.0 Å². The van der Waals surface area contributed by atoms with Gasteiger partial charge in [-0.15, -0.1) is 0 Å². The molecule has 0 aliphatic carbocycles. The van der Waals surface area contributed by atoms with Crippen LogP contribution in [0.25, 0.3) is 11.0 Å². The Bertz CT molecular complexity index is 945. The molecule has 2 N–H and O–H groups in total. The molecular formula is C19H21ClN6O. The Kier molecular flexibility index (Phi) is 5.22. The van der Waals surface area contributed by atoms with Gasteiger partial charge in [0.2, 0.25) is 0 Å². The van der Waals surface area contributed by atoms with Crippen LogP contribution in [0.5, 0.6) is 5.75 Å². The van der Waals surface area contributed by atoms with Crippen LogP contribution < -0.4 is 20.3 Å². The van der Waals surface area contributed by atoms with E-state index in [1.165, 1.54) is 0 Å². The molecule has 2 aromatic heterocycles. The maximum Gasteiger partial charge on any atom is 0.162 e. The van der Waals surface area contributed by atoms with E-state index >= 15 is 0 Å². The summed E-state index contributed by atoms with van der Waals surface area (Å²) < 4.78 is 5.56. The van der Waals surface area contributed by atoms with Gasteiger partial charge in [0.15, 0.2) is 5.75 Å². The van der Waals surface area contributed by atoms with Crippen molar-refractivity contribution in [3.05, 3.63) is 47.5 Å². The lowest BCUT2D eigenvalue weighted by atomic mass is 10.1. The summed E-state index contributed by atoms with van der Waals surface area (Å²) in [6.45, 7) is 4.28. The van der Waals surface area contributed by atoms with Crippen molar-refractivity contribution in [2.45, 2.75) is 6.54 Å². The first-order chi connectivity index (χ1) is 13.3.